The summed E-state index contributed by atoms with van der Waals surface area (Å²) in [6, 6.07) is 13.1. The van der Waals surface area contributed by atoms with E-state index in [2.05, 4.69) is 5.32 Å². The number of nitrogens with zero attached hydrogens (tertiary/aromatic N) is 1. The molecular weight excluding hydrogens is 383 g/mol. The van der Waals surface area contributed by atoms with Crippen LogP contribution in [0.15, 0.2) is 48.5 Å². The molecule has 0 aliphatic heterocycles. The molecule has 6 heteroatoms. The lowest BCUT2D eigenvalue weighted by molar-refractivity contribution is -0.143. The van der Waals surface area contributed by atoms with Crippen LogP contribution in [0.2, 0.25) is 0 Å². The molecule has 162 valence electrons. The molecule has 1 N–H and O–H groups in total. The summed E-state index contributed by atoms with van der Waals surface area (Å²) in [6.45, 7) is 9.43. The van der Waals surface area contributed by atoms with Crippen LogP contribution in [0.4, 0.5) is 4.39 Å². The predicted molar refractivity (Wildman–Crippen MR) is 116 cm³/mol. The molecule has 2 amide bonds. The first-order valence-electron chi connectivity index (χ1n) is 10.1. The number of hydrogen-bond acceptors (Lipinski definition) is 3. The van der Waals surface area contributed by atoms with Crippen LogP contribution in [-0.4, -0.2) is 34.9 Å². The molecule has 0 aromatic heterocycles. The second kappa shape index (κ2) is 10.2. The van der Waals surface area contributed by atoms with Crippen molar-refractivity contribution in [3.8, 4) is 5.75 Å². The Morgan fingerprint density at radius 3 is 2.30 bits per heavy atom. The number of ether oxygens (including phenoxy) is 1. The molecule has 0 aliphatic carbocycles. The van der Waals surface area contributed by atoms with Gasteiger partial charge < -0.3 is 15.0 Å². The van der Waals surface area contributed by atoms with Crippen molar-refractivity contribution in [3.63, 3.8) is 0 Å². The van der Waals surface area contributed by atoms with Crippen molar-refractivity contribution in [2.24, 2.45) is 0 Å². The minimum absolute atomic E-state index is 0.00771. The van der Waals surface area contributed by atoms with E-state index >= 15 is 0 Å². The Morgan fingerprint density at radius 1 is 1.10 bits per heavy atom. The van der Waals surface area contributed by atoms with Gasteiger partial charge in [0.25, 0.3) is 5.91 Å². The number of benzene rings is 2. The van der Waals surface area contributed by atoms with Gasteiger partial charge in [0.1, 0.15) is 6.04 Å². The van der Waals surface area contributed by atoms with Gasteiger partial charge >= 0.3 is 0 Å². The van der Waals surface area contributed by atoms with Gasteiger partial charge in [-0.05, 0) is 51.8 Å². The fourth-order valence-corrected chi connectivity index (χ4v) is 3.05. The Bertz CT molecular complexity index is 859. The number of hydrogen-bond donors (Lipinski definition) is 1. The molecule has 0 heterocycles. The number of carbonyl (C=O) groups is 2. The summed E-state index contributed by atoms with van der Waals surface area (Å²) in [6.07, 6.45) is 0.444. The lowest BCUT2D eigenvalue weighted by Gasteiger charge is -2.33. The standard InChI is InChI=1S/C24H31FN2O3/c1-6-20(23(29)26-24(3,4)5)27(15-18-13-11-17(2)12-14-18)22(28)16-30-21-10-8-7-9-19(21)25/h7-14,20H,6,15-16H2,1-5H3,(H,26,29). The van der Waals surface area contributed by atoms with Crippen LogP contribution in [0.25, 0.3) is 0 Å². The van der Waals surface area contributed by atoms with E-state index in [0.717, 1.165) is 11.1 Å². The Hall–Kier alpha value is -2.89. The lowest BCUT2D eigenvalue weighted by Crippen LogP contribution is -2.54. The van der Waals surface area contributed by atoms with Crippen molar-refractivity contribution in [3.05, 3.63) is 65.5 Å². The number of aryl methyl sites for hydroxylation is 1. The highest BCUT2D eigenvalue weighted by Gasteiger charge is 2.31. The van der Waals surface area contributed by atoms with Crippen LogP contribution in [0, 0.1) is 12.7 Å². The van der Waals surface area contributed by atoms with Gasteiger partial charge in [0.15, 0.2) is 18.2 Å². The zero-order valence-electron chi connectivity index (χ0n) is 18.4. The summed E-state index contributed by atoms with van der Waals surface area (Å²) >= 11 is 0. The maximum absolute atomic E-state index is 13.9. The third kappa shape index (κ3) is 6.87. The molecule has 1 unspecified atom stereocenters. The lowest BCUT2D eigenvalue weighted by atomic mass is 10.1. The van der Waals surface area contributed by atoms with Gasteiger partial charge in [-0.3, -0.25) is 9.59 Å². The second-order valence-electron chi connectivity index (χ2n) is 8.39. The number of nitrogens with one attached hydrogen (secondary N) is 1. The highest BCUT2D eigenvalue weighted by atomic mass is 19.1. The molecule has 30 heavy (non-hydrogen) atoms. The van der Waals surface area contributed by atoms with Gasteiger partial charge in [-0.15, -0.1) is 0 Å². The predicted octanol–water partition coefficient (Wildman–Crippen LogP) is 4.24. The van der Waals surface area contributed by atoms with Crippen molar-refractivity contribution >= 4 is 11.8 Å². The molecule has 0 saturated heterocycles. The van der Waals surface area contributed by atoms with Gasteiger partial charge in [0.05, 0.1) is 0 Å². The van der Waals surface area contributed by atoms with Crippen LogP contribution in [0.1, 0.15) is 45.2 Å². The molecule has 0 spiro atoms. The molecule has 5 nitrogen and oxygen atoms in total. The van der Waals surface area contributed by atoms with E-state index in [1.54, 1.807) is 12.1 Å². The minimum Gasteiger partial charge on any atom is -0.481 e. The Labute approximate surface area is 178 Å². The van der Waals surface area contributed by atoms with E-state index in [1.165, 1.54) is 17.0 Å². The zero-order chi connectivity index (χ0) is 22.3. The molecule has 2 rings (SSSR count). The number of carbonyl (C=O) groups excluding carboxylic acids is 2. The van der Waals surface area contributed by atoms with Crippen molar-refractivity contribution in [2.75, 3.05) is 6.61 Å². The number of halogens is 1. The highest BCUT2D eigenvalue weighted by molar-refractivity contribution is 5.88. The van der Waals surface area contributed by atoms with Crippen molar-refractivity contribution < 1.29 is 18.7 Å². The monoisotopic (exact) mass is 414 g/mol. The number of amides is 2. The Kier molecular flexibility index (Phi) is 7.98. The van der Waals surface area contributed by atoms with E-state index in [4.69, 9.17) is 4.74 Å². The average Bonchev–Trinajstić information content (AvgIpc) is 2.67. The second-order valence-corrected chi connectivity index (χ2v) is 8.39. The zero-order valence-corrected chi connectivity index (χ0v) is 18.4. The molecule has 0 saturated carbocycles. The number of rotatable bonds is 8. The first-order chi connectivity index (χ1) is 14.1. The minimum atomic E-state index is -0.665. The average molecular weight is 415 g/mol. The largest absolute Gasteiger partial charge is 0.481 e. The molecule has 0 fully saturated rings. The van der Waals surface area contributed by atoms with Crippen LogP contribution in [0.3, 0.4) is 0 Å². The van der Waals surface area contributed by atoms with Gasteiger partial charge in [0, 0.05) is 12.1 Å². The van der Waals surface area contributed by atoms with Crippen molar-refractivity contribution in [1.82, 2.24) is 10.2 Å². The van der Waals surface area contributed by atoms with Crippen molar-refractivity contribution in [2.45, 2.75) is 59.2 Å². The topological polar surface area (TPSA) is 58.6 Å². The van der Waals surface area contributed by atoms with Crippen LogP contribution in [-0.2, 0) is 16.1 Å². The maximum Gasteiger partial charge on any atom is 0.261 e. The first kappa shape index (κ1) is 23.4. The fraction of sp³-hybridized carbons (Fsp3) is 0.417. The van der Waals surface area contributed by atoms with Crippen LogP contribution in [0.5, 0.6) is 5.75 Å². The van der Waals surface area contributed by atoms with E-state index in [1.807, 2.05) is 58.9 Å². The summed E-state index contributed by atoms with van der Waals surface area (Å²) in [5.74, 6) is -1.13. The van der Waals surface area contributed by atoms with Gasteiger partial charge in [-0.2, -0.15) is 0 Å². The normalized spacial score (nSPS) is 12.2. The molecule has 1 atom stereocenters. The van der Waals surface area contributed by atoms with E-state index < -0.39 is 17.4 Å². The molecular formula is C24H31FN2O3. The molecule has 2 aromatic carbocycles. The van der Waals surface area contributed by atoms with Crippen molar-refractivity contribution in [1.29, 1.82) is 0 Å². The summed E-state index contributed by atoms with van der Waals surface area (Å²) < 4.78 is 19.3. The van der Waals surface area contributed by atoms with Crippen LogP contribution >= 0.6 is 0 Å². The quantitative estimate of drug-likeness (QED) is 0.703. The van der Waals surface area contributed by atoms with E-state index in [9.17, 15) is 14.0 Å². The summed E-state index contributed by atoms with van der Waals surface area (Å²) in [4.78, 5) is 27.5. The van der Waals surface area contributed by atoms with Gasteiger partial charge in [0.2, 0.25) is 5.91 Å². The molecule has 0 bridgehead atoms. The SMILES string of the molecule is CCC(C(=O)NC(C)(C)C)N(Cc1ccc(C)cc1)C(=O)COc1ccccc1F. The maximum atomic E-state index is 13.9. The third-order valence-corrected chi connectivity index (χ3v) is 4.55. The first-order valence-corrected chi connectivity index (χ1v) is 10.1. The summed E-state index contributed by atoms with van der Waals surface area (Å²) in [5.41, 5.74) is 1.59. The van der Waals surface area contributed by atoms with Gasteiger partial charge in [-0.1, -0.05) is 48.9 Å². The summed E-state index contributed by atoms with van der Waals surface area (Å²) in [5, 5.41) is 2.95. The molecule has 0 radical (unpaired) electrons. The fourth-order valence-electron chi connectivity index (χ4n) is 3.05. The third-order valence-electron chi connectivity index (χ3n) is 4.55. The smallest absolute Gasteiger partial charge is 0.261 e. The number of para-hydroxylation sites is 1. The van der Waals surface area contributed by atoms with E-state index in [0.29, 0.717) is 6.42 Å². The Balaban J connectivity index is 2.24. The van der Waals surface area contributed by atoms with Crippen LogP contribution < -0.4 is 10.1 Å². The molecule has 0 aliphatic rings. The van der Waals surface area contributed by atoms with Gasteiger partial charge in [-0.25, -0.2) is 4.39 Å². The summed E-state index contributed by atoms with van der Waals surface area (Å²) in [7, 11) is 0. The Morgan fingerprint density at radius 2 is 1.73 bits per heavy atom. The molecule has 2 aromatic rings. The van der Waals surface area contributed by atoms with E-state index in [-0.39, 0.29) is 30.7 Å². The highest BCUT2D eigenvalue weighted by Crippen LogP contribution is 2.18.